The smallest absolute Gasteiger partial charge is 0.110 e. The largest absolute Gasteiger partial charge is 0.145 e. The van der Waals surface area contributed by atoms with Crippen LogP contribution in [0.4, 0.5) is 0 Å². The SMILES string of the molecule is C=C/C(N=O)=C(C)\C=C1/CCCC(CCCC(C)C(C)C)C1. The lowest BCUT2D eigenvalue weighted by molar-refractivity contribution is 0.332. The molecule has 2 heteroatoms. The number of hydrogen-bond acceptors (Lipinski definition) is 2. The van der Waals surface area contributed by atoms with E-state index in [1.54, 1.807) is 6.08 Å². The molecular weight excluding hydrogens is 270 g/mol. The van der Waals surface area contributed by atoms with Gasteiger partial charge < -0.3 is 0 Å². The van der Waals surface area contributed by atoms with Crippen LogP contribution in [0.2, 0.25) is 0 Å². The molecule has 0 radical (unpaired) electrons. The van der Waals surface area contributed by atoms with Crippen molar-refractivity contribution in [3.05, 3.63) is 40.5 Å². The molecule has 1 fully saturated rings. The molecule has 2 unspecified atom stereocenters. The van der Waals surface area contributed by atoms with Crippen molar-refractivity contribution in [1.29, 1.82) is 0 Å². The fourth-order valence-corrected chi connectivity index (χ4v) is 3.28. The molecule has 0 N–H and O–H groups in total. The van der Waals surface area contributed by atoms with E-state index in [1.807, 2.05) is 6.92 Å². The van der Waals surface area contributed by atoms with E-state index in [0.29, 0.717) is 5.70 Å². The van der Waals surface area contributed by atoms with Crippen molar-refractivity contribution in [2.45, 2.75) is 72.6 Å². The molecule has 1 rings (SSSR count). The summed E-state index contributed by atoms with van der Waals surface area (Å²) in [6.45, 7) is 12.6. The summed E-state index contributed by atoms with van der Waals surface area (Å²) in [5, 5.41) is 3.04. The number of nitroso groups, excluding NO2 is 1. The van der Waals surface area contributed by atoms with E-state index in [-0.39, 0.29) is 0 Å². The third kappa shape index (κ3) is 6.29. The van der Waals surface area contributed by atoms with Gasteiger partial charge in [0, 0.05) is 0 Å². The van der Waals surface area contributed by atoms with Gasteiger partial charge in [-0.1, -0.05) is 58.3 Å². The average Bonchev–Trinajstić information content (AvgIpc) is 2.48. The second kappa shape index (κ2) is 9.76. The maximum absolute atomic E-state index is 10.7. The molecular formula is C20H33NO. The first-order chi connectivity index (χ1) is 10.5. The van der Waals surface area contributed by atoms with E-state index in [4.69, 9.17) is 0 Å². The molecule has 0 spiro atoms. The summed E-state index contributed by atoms with van der Waals surface area (Å²) in [6.07, 6.45) is 12.8. The molecule has 0 saturated heterocycles. The van der Waals surface area contributed by atoms with E-state index in [0.717, 1.165) is 23.3 Å². The Morgan fingerprint density at radius 1 is 1.41 bits per heavy atom. The fourth-order valence-electron chi connectivity index (χ4n) is 3.28. The molecule has 0 heterocycles. The Kier molecular flexibility index (Phi) is 8.37. The van der Waals surface area contributed by atoms with E-state index in [2.05, 4.69) is 38.6 Å². The van der Waals surface area contributed by atoms with Gasteiger partial charge in [0.05, 0.1) is 0 Å². The molecule has 0 bridgehead atoms. The van der Waals surface area contributed by atoms with E-state index >= 15 is 0 Å². The molecule has 1 saturated carbocycles. The second-order valence-corrected chi connectivity index (χ2v) is 7.28. The van der Waals surface area contributed by atoms with Crippen LogP contribution in [0.25, 0.3) is 0 Å². The van der Waals surface area contributed by atoms with Crippen LogP contribution < -0.4 is 0 Å². The molecule has 2 atom stereocenters. The van der Waals surface area contributed by atoms with Crippen molar-refractivity contribution in [2.75, 3.05) is 0 Å². The highest BCUT2D eigenvalue weighted by atomic mass is 16.3. The third-order valence-electron chi connectivity index (χ3n) is 5.19. The van der Waals surface area contributed by atoms with Crippen molar-refractivity contribution in [3.8, 4) is 0 Å². The summed E-state index contributed by atoms with van der Waals surface area (Å²) in [4.78, 5) is 10.7. The molecule has 22 heavy (non-hydrogen) atoms. The predicted octanol–water partition coefficient (Wildman–Crippen LogP) is 6.79. The first-order valence-corrected chi connectivity index (χ1v) is 8.84. The van der Waals surface area contributed by atoms with Crippen LogP contribution in [0.1, 0.15) is 72.6 Å². The van der Waals surface area contributed by atoms with Gasteiger partial charge in [-0.2, -0.15) is 0 Å². The molecule has 0 aromatic carbocycles. The van der Waals surface area contributed by atoms with Crippen molar-refractivity contribution in [3.63, 3.8) is 0 Å². The van der Waals surface area contributed by atoms with Gasteiger partial charge >= 0.3 is 0 Å². The standard InChI is InChI=1S/C20H33NO/c1-6-20(21-22)17(5)13-19-12-8-11-18(14-19)10-7-9-16(4)15(2)3/h6,13,15-16,18H,1,7-12,14H2,2-5H3/b19-13+,20-17+. The maximum atomic E-state index is 10.7. The van der Waals surface area contributed by atoms with Gasteiger partial charge in [-0.05, 0) is 67.2 Å². The Morgan fingerprint density at radius 2 is 2.14 bits per heavy atom. The van der Waals surface area contributed by atoms with Crippen LogP contribution in [0, 0.1) is 22.7 Å². The Bertz CT molecular complexity index is 421. The zero-order valence-electron chi connectivity index (χ0n) is 14.9. The van der Waals surface area contributed by atoms with Crippen LogP contribution in [0.5, 0.6) is 0 Å². The number of hydrogen-bond donors (Lipinski definition) is 0. The predicted molar refractivity (Wildman–Crippen MR) is 96.6 cm³/mol. The maximum Gasteiger partial charge on any atom is 0.110 e. The summed E-state index contributed by atoms with van der Waals surface area (Å²) in [7, 11) is 0. The van der Waals surface area contributed by atoms with E-state index in [1.165, 1.54) is 50.5 Å². The lowest BCUT2D eigenvalue weighted by Crippen LogP contribution is -2.10. The van der Waals surface area contributed by atoms with Crippen molar-refractivity contribution >= 4 is 0 Å². The first-order valence-electron chi connectivity index (χ1n) is 8.84. The summed E-state index contributed by atoms with van der Waals surface area (Å²) in [6, 6.07) is 0. The summed E-state index contributed by atoms with van der Waals surface area (Å²) < 4.78 is 0. The normalized spacial score (nSPS) is 23.3. The quantitative estimate of drug-likeness (QED) is 0.358. The molecule has 0 aromatic heterocycles. The minimum atomic E-state index is 0.473. The van der Waals surface area contributed by atoms with Gasteiger partial charge in [-0.25, -0.2) is 0 Å². The Balaban J connectivity index is 2.52. The van der Waals surface area contributed by atoms with Crippen LogP contribution in [-0.2, 0) is 0 Å². The highest BCUT2D eigenvalue weighted by molar-refractivity contribution is 5.32. The zero-order valence-corrected chi connectivity index (χ0v) is 14.9. The number of nitrogens with zero attached hydrogens (tertiary/aromatic N) is 1. The summed E-state index contributed by atoms with van der Waals surface area (Å²) in [5.74, 6) is 2.45. The highest BCUT2D eigenvalue weighted by Gasteiger charge is 2.17. The third-order valence-corrected chi connectivity index (χ3v) is 5.19. The van der Waals surface area contributed by atoms with E-state index in [9.17, 15) is 4.91 Å². The molecule has 1 aliphatic rings. The Hall–Kier alpha value is -1.18. The Labute approximate surface area is 136 Å². The zero-order chi connectivity index (χ0) is 16.5. The van der Waals surface area contributed by atoms with Gasteiger partial charge in [0.25, 0.3) is 0 Å². The van der Waals surface area contributed by atoms with Gasteiger partial charge in [-0.15, -0.1) is 4.91 Å². The molecule has 0 aliphatic heterocycles. The minimum Gasteiger partial charge on any atom is -0.145 e. The average molecular weight is 303 g/mol. The molecule has 2 nitrogen and oxygen atoms in total. The minimum absolute atomic E-state index is 0.473. The Morgan fingerprint density at radius 3 is 2.73 bits per heavy atom. The van der Waals surface area contributed by atoms with Crippen molar-refractivity contribution in [1.82, 2.24) is 0 Å². The number of rotatable bonds is 8. The highest BCUT2D eigenvalue weighted by Crippen LogP contribution is 2.33. The molecule has 0 aromatic rings. The van der Waals surface area contributed by atoms with Crippen LogP contribution >= 0.6 is 0 Å². The van der Waals surface area contributed by atoms with Crippen LogP contribution in [-0.4, -0.2) is 0 Å². The fraction of sp³-hybridized carbons (Fsp3) is 0.700. The van der Waals surface area contributed by atoms with Crippen LogP contribution in [0.3, 0.4) is 0 Å². The monoisotopic (exact) mass is 303 g/mol. The lowest BCUT2D eigenvalue weighted by Gasteiger charge is -2.25. The molecule has 0 amide bonds. The van der Waals surface area contributed by atoms with Crippen molar-refractivity contribution < 1.29 is 0 Å². The van der Waals surface area contributed by atoms with Gasteiger partial charge in [-0.3, -0.25) is 0 Å². The van der Waals surface area contributed by atoms with Gasteiger partial charge in [0.2, 0.25) is 0 Å². The number of allylic oxidation sites excluding steroid dienone is 4. The van der Waals surface area contributed by atoms with Gasteiger partial charge in [0.15, 0.2) is 0 Å². The second-order valence-electron chi connectivity index (χ2n) is 7.28. The first kappa shape index (κ1) is 18.9. The van der Waals surface area contributed by atoms with Gasteiger partial charge in [0.1, 0.15) is 5.70 Å². The van der Waals surface area contributed by atoms with Crippen LogP contribution in [0.15, 0.2) is 40.8 Å². The molecule has 1 aliphatic carbocycles. The summed E-state index contributed by atoms with van der Waals surface area (Å²) in [5.41, 5.74) is 2.91. The molecule has 124 valence electrons. The van der Waals surface area contributed by atoms with Crippen molar-refractivity contribution in [2.24, 2.45) is 22.9 Å². The lowest BCUT2D eigenvalue weighted by atomic mass is 9.81. The topological polar surface area (TPSA) is 29.4 Å². The summed E-state index contributed by atoms with van der Waals surface area (Å²) >= 11 is 0. The van der Waals surface area contributed by atoms with E-state index < -0.39 is 0 Å².